The SMILES string of the molecule is NS(=O)(=O)c1ccc(-c2[nH]ncc(=O)c2-c2ccccc2)cc1. The molecule has 6 nitrogen and oxygen atoms in total. The van der Waals surface area contributed by atoms with E-state index in [0.717, 1.165) is 5.56 Å². The minimum Gasteiger partial charge on any atom is -0.287 e. The van der Waals surface area contributed by atoms with Crippen LogP contribution in [0.2, 0.25) is 0 Å². The first-order chi connectivity index (χ1) is 11.0. The Balaban J connectivity index is 2.18. The second-order valence-corrected chi connectivity index (χ2v) is 6.48. The molecule has 0 aliphatic carbocycles. The van der Waals surface area contributed by atoms with Crippen LogP contribution in [0.15, 0.2) is 70.5 Å². The molecule has 0 unspecified atom stereocenters. The maximum Gasteiger partial charge on any atom is 0.238 e. The molecule has 2 aromatic carbocycles. The van der Waals surface area contributed by atoms with Crippen LogP contribution in [0.3, 0.4) is 0 Å². The first kappa shape index (κ1) is 15.1. The Morgan fingerprint density at radius 1 is 0.913 bits per heavy atom. The lowest BCUT2D eigenvalue weighted by Gasteiger charge is -2.09. The average Bonchev–Trinajstić information content (AvgIpc) is 2.55. The highest BCUT2D eigenvalue weighted by atomic mass is 32.2. The van der Waals surface area contributed by atoms with E-state index in [1.54, 1.807) is 12.1 Å². The van der Waals surface area contributed by atoms with E-state index in [-0.39, 0.29) is 10.3 Å². The van der Waals surface area contributed by atoms with E-state index in [1.807, 2.05) is 30.3 Å². The number of nitrogens with zero attached hydrogens (tertiary/aromatic N) is 1. The summed E-state index contributed by atoms with van der Waals surface area (Å²) in [5.41, 5.74) is 2.16. The molecule has 0 saturated carbocycles. The molecule has 0 fully saturated rings. The van der Waals surface area contributed by atoms with Crippen molar-refractivity contribution >= 4 is 10.0 Å². The van der Waals surface area contributed by atoms with Gasteiger partial charge in [-0.05, 0) is 17.7 Å². The molecule has 0 spiro atoms. The number of aromatic amines is 1. The Kier molecular flexibility index (Phi) is 3.81. The van der Waals surface area contributed by atoms with E-state index < -0.39 is 10.0 Å². The number of primary sulfonamides is 1. The van der Waals surface area contributed by atoms with Gasteiger partial charge in [0.05, 0.1) is 22.3 Å². The summed E-state index contributed by atoms with van der Waals surface area (Å²) in [7, 11) is -3.76. The molecular formula is C16H13N3O3S. The Labute approximate surface area is 132 Å². The lowest BCUT2D eigenvalue weighted by atomic mass is 10.00. The molecule has 3 rings (SSSR count). The monoisotopic (exact) mass is 327 g/mol. The number of hydrogen-bond acceptors (Lipinski definition) is 4. The van der Waals surface area contributed by atoms with Crippen LogP contribution in [-0.4, -0.2) is 18.6 Å². The number of nitrogens with two attached hydrogens (primary N) is 1. The molecule has 3 N–H and O–H groups in total. The summed E-state index contributed by atoms with van der Waals surface area (Å²) < 4.78 is 22.7. The van der Waals surface area contributed by atoms with Gasteiger partial charge in [-0.15, -0.1) is 0 Å². The Morgan fingerprint density at radius 3 is 2.17 bits per heavy atom. The van der Waals surface area contributed by atoms with E-state index in [0.29, 0.717) is 16.8 Å². The van der Waals surface area contributed by atoms with Crippen molar-refractivity contribution in [3.63, 3.8) is 0 Å². The normalized spacial score (nSPS) is 11.3. The van der Waals surface area contributed by atoms with Crippen molar-refractivity contribution < 1.29 is 8.42 Å². The van der Waals surface area contributed by atoms with Crippen molar-refractivity contribution in [1.82, 2.24) is 10.2 Å². The minimum absolute atomic E-state index is 0.00810. The standard InChI is InChI=1S/C16H13N3O3S/c17-23(21,22)13-8-6-12(7-9-13)16-15(14(20)10-18-19-16)11-4-2-1-3-5-11/h1-10H,(H,19,20)(H2,17,21,22). The molecule has 0 radical (unpaired) electrons. The molecule has 116 valence electrons. The molecule has 3 aromatic rings. The molecule has 0 bridgehead atoms. The summed E-state index contributed by atoms with van der Waals surface area (Å²) in [6.07, 6.45) is 1.21. The van der Waals surface area contributed by atoms with E-state index in [9.17, 15) is 13.2 Å². The van der Waals surface area contributed by atoms with E-state index in [4.69, 9.17) is 5.14 Å². The van der Waals surface area contributed by atoms with Crippen LogP contribution in [0.4, 0.5) is 0 Å². The summed E-state index contributed by atoms with van der Waals surface area (Å²) in [5.74, 6) is 0. The van der Waals surface area contributed by atoms with Crippen LogP contribution in [-0.2, 0) is 10.0 Å². The quantitative estimate of drug-likeness (QED) is 0.764. The van der Waals surface area contributed by atoms with Gasteiger partial charge in [-0.3, -0.25) is 9.89 Å². The number of nitrogens with one attached hydrogen (secondary N) is 1. The molecule has 7 heteroatoms. The molecule has 0 aliphatic heterocycles. The van der Waals surface area contributed by atoms with Crippen LogP contribution in [0, 0.1) is 0 Å². The van der Waals surface area contributed by atoms with Crippen molar-refractivity contribution in [2.75, 3.05) is 0 Å². The maximum absolute atomic E-state index is 12.2. The van der Waals surface area contributed by atoms with Crippen LogP contribution in [0.1, 0.15) is 0 Å². The minimum atomic E-state index is -3.76. The smallest absolute Gasteiger partial charge is 0.238 e. The summed E-state index contributed by atoms with van der Waals surface area (Å²) >= 11 is 0. The summed E-state index contributed by atoms with van der Waals surface area (Å²) in [4.78, 5) is 12.2. The zero-order valence-electron chi connectivity index (χ0n) is 11.9. The van der Waals surface area contributed by atoms with Crippen LogP contribution < -0.4 is 10.6 Å². The molecule has 0 aliphatic rings. The van der Waals surface area contributed by atoms with Gasteiger partial charge in [-0.25, -0.2) is 13.6 Å². The summed E-state index contributed by atoms with van der Waals surface area (Å²) in [6, 6.07) is 15.1. The Morgan fingerprint density at radius 2 is 1.57 bits per heavy atom. The molecule has 0 amide bonds. The first-order valence-corrected chi connectivity index (χ1v) is 8.28. The van der Waals surface area contributed by atoms with Crippen molar-refractivity contribution in [1.29, 1.82) is 0 Å². The van der Waals surface area contributed by atoms with Gasteiger partial charge in [0.2, 0.25) is 15.5 Å². The highest BCUT2D eigenvalue weighted by Crippen LogP contribution is 2.27. The fourth-order valence-electron chi connectivity index (χ4n) is 2.31. The van der Waals surface area contributed by atoms with Gasteiger partial charge >= 0.3 is 0 Å². The van der Waals surface area contributed by atoms with Crippen LogP contribution in [0.25, 0.3) is 22.4 Å². The predicted octanol–water partition coefficient (Wildman–Crippen LogP) is 1.75. The Hall–Kier alpha value is -2.77. The number of benzene rings is 2. The fourth-order valence-corrected chi connectivity index (χ4v) is 2.83. The van der Waals surface area contributed by atoms with Crippen LogP contribution in [0.5, 0.6) is 0 Å². The van der Waals surface area contributed by atoms with Gasteiger partial charge in [-0.1, -0.05) is 42.5 Å². The average molecular weight is 327 g/mol. The third kappa shape index (κ3) is 3.05. The number of H-pyrrole nitrogens is 1. The predicted molar refractivity (Wildman–Crippen MR) is 87.1 cm³/mol. The van der Waals surface area contributed by atoms with Gasteiger partial charge in [0.1, 0.15) is 0 Å². The fraction of sp³-hybridized carbons (Fsp3) is 0. The van der Waals surface area contributed by atoms with E-state index in [2.05, 4.69) is 10.2 Å². The van der Waals surface area contributed by atoms with Gasteiger partial charge in [0.15, 0.2) is 0 Å². The number of sulfonamides is 1. The van der Waals surface area contributed by atoms with Gasteiger partial charge < -0.3 is 0 Å². The highest BCUT2D eigenvalue weighted by Gasteiger charge is 2.13. The molecular weight excluding hydrogens is 314 g/mol. The summed E-state index contributed by atoms with van der Waals surface area (Å²) in [5, 5.41) is 11.8. The molecule has 0 saturated heterocycles. The molecule has 1 heterocycles. The number of aromatic nitrogens is 2. The molecule has 1 aromatic heterocycles. The third-order valence-corrected chi connectivity index (χ3v) is 4.32. The van der Waals surface area contributed by atoms with Crippen molar-refractivity contribution in [2.24, 2.45) is 5.14 Å². The van der Waals surface area contributed by atoms with Crippen molar-refractivity contribution in [2.45, 2.75) is 4.90 Å². The van der Waals surface area contributed by atoms with Gasteiger partial charge in [0.25, 0.3) is 0 Å². The van der Waals surface area contributed by atoms with E-state index in [1.165, 1.54) is 18.3 Å². The molecule has 0 atom stereocenters. The highest BCUT2D eigenvalue weighted by molar-refractivity contribution is 7.89. The second kappa shape index (κ2) is 5.79. The van der Waals surface area contributed by atoms with E-state index >= 15 is 0 Å². The number of hydrogen-bond donors (Lipinski definition) is 2. The summed E-state index contributed by atoms with van der Waals surface area (Å²) in [6.45, 7) is 0. The van der Waals surface area contributed by atoms with Gasteiger partial charge in [0, 0.05) is 5.56 Å². The van der Waals surface area contributed by atoms with Gasteiger partial charge in [-0.2, -0.15) is 5.10 Å². The van der Waals surface area contributed by atoms with Crippen LogP contribution >= 0.6 is 0 Å². The Bertz CT molecular complexity index is 995. The zero-order valence-corrected chi connectivity index (χ0v) is 12.7. The number of rotatable bonds is 3. The molecule has 23 heavy (non-hydrogen) atoms. The lowest BCUT2D eigenvalue weighted by molar-refractivity contribution is 0.598. The second-order valence-electron chi connectivity index (χ2n) is 4.92. The van der Waals surface area contributed by atoms with Crippen molar-refractivity contribution in [3.8, 4) is 22.4 Å². The first-order valence-electron chi connectivity index (χ1n) is 6.73. The largest absolute Gasteiger partial charge is 0.287 e. The lowest BCUT2D eigenvalue weighted by Crippen LogP contribution is -2.12. The maximum atomic E-state index is 12.2. The topological polar surface area (TPSA) is 106 Å². The zero-order chi connectivity index (χ0) is 16.4. The third-order valence-electron chi connectivity index (χ3n) is 3.39. The van der Waals surface area contributed by atoms with Crippen molar-refractivity contribution in [3.05, 3.63) is 71.0 Å².